The summed E-state index contributed by atoms with van der Waals surface area (Å²) < 4.78 is 5.32. The van der Waals surface area contributed by atoms with Crippen LogP contribution in [-0.4, -0.2) is 42.3 Å². The summed E-state index contributed by atoms with van der Waals surface area (Å²) >= 11 is 5.89. The smallest absolute Gasteiger partial charge is 0.319 e. The Morgan fingerprint density at radius 2 is 2.12 bits per heavy atom. The lowest BCUT2D eigenvalue weighted by Gasteiger charge is -2.26. The summed E-state index contributed by atoms with van der Waals surface area (Å²) in [7, 11) is 0. The Morgan fingerprint density at radius 1 is 1.29 bits per heavy atom. The van der Waals surface area contributed by atoms with E-state index in [2.05, 4.69) is 25.5 Å². The van der Waals surface area contributed by atoms with Gasteiger partial charge in [0.15, 0.2) is 0 Å². The number of aromatic nitrogens is 2. The van der Waals surface area contributed by atoms with Gasteiger partial charge in [-0.15, -0.1) is 0 Å². The SMILES string of the molecule is O=C(NCc1ccnc(N2CCOCC2)n1)Nc1cccc(Cl)c1. The third kappa shape index (κ3) is 4.56. The summed E-state index contributed by atoms with van der Waals surface area (Å²) in [6.45, 7) is 3.20. The summed E-state index contributed by atoms with van der Waals surface area (Å²) in [6, 6.07) is 8.44. The molecule has 1 aliphatic rings. The van der Waals surface area contributed by atoms with Crippen LogP contribution in [0.15, 0.2) is 36.5 Å². The Morgan fingerprint density at radius 3 is 2.92 bits per heavy atom. The summed E-state index contributed by atoms with van der Waals surface area (Å²) in [5, 5.41) is 6.06. The molecular weight excluding hydrogens is 330 g/mol. The highest BCUT2D eigenvalue weighted by Gasteiger charge is 2.14. The normalized spacial score (nSPS) is 14.3. The topological polar surface area (TPSA) is 79.4 Å². The van der Waals surface area contributed by atoms with E-state index in [4.69, 9.17) is 16.3 Å². The molecule has 0 spiro atoms. The molecule has 2 N–H and O–H groups in total. The van der Waals surface area contributed by atoms with Gasteiger partial charge in [-0.2, -0.15) is 0 Å². The molecule has 8 heteroatoms. The Labute approximate surface area is 145 Å². The molecular formula is C16H18ClN5O2. The molecule has 0 unspecified atom stereocenters. The lowest BCUT2D eigenvalue weighted by Crippen LogP contribution is -2.37. The molecule has 2 aromatic rings. The summed E-state index contributed by atoms with van der Waals surface area (Å²) in [4.78, 5) is 22.8. The summed E-state index contributed by atoms with van der Waals surface area (Å²) in [5.74, 6) is 0.660. The fraction of sp³-hybridized carbons (Fsp3) is 0.312. The first kappa shape index (κ1) is 16.5. The second-order valence-electron chi connectivity index (χ2n) is 5.27. The van der Waals surface area contributed by atoms with Crippen molar-refractivity contribution in [2.45, 2.75) is 6.54 Å². The lowest BCUT2D eigenvalue weighted by molar-refractivity contribution is 0.122. The van der Waals surface area contributed by atoms with Crippen molar-refractivity contribution < 1.29 is 9.53 Å². The maximum absolute atomic E-state index is 11.9. The molecule has 1 aliphatic heterocycles. The van der Waals surface area contributed by atoms with Crippen LogP contribution in [-0.2, 0) is 11.3 Å². The zero-order chi connectivity index (χ0) is 16.8. The Balaban J connectivity index is 1.55. The fourth-order valence-corrected chi connectivity index (χ4v) is 2.50. The number of amides is 2. The number of nitrogens with one attached hydrogen (secondary N) is 2. The zero-order valence-electron chi connectivity index (χ0n) is 13.0. The summed E-state index contributed by atoms with van der Waals surface area (Å²) in [5.41, 5.74) is 1.38. The molecule has 0 aliphatic carbocycles. The largest absolute Gasteiger partial charge is 0.378 e. The average Bonchev–Trinajstić information content (AvgIpc) is 2.61. The molecule has 0 saturated carbocycles. The maximum Gasteiger partial charge on any atom is 0.319 e. The molecule has 24 heavy (non-hydrogen) atoms. The minimum Gasteiger partial charge on any atom is -0.378 e. The van der Waals surface area contributed by atoms with Crippen LogP contribution in [0, 0.1) is 0 Å². The molecule has 3 rings (SSSR count). The molecule has 7 nitrogen and oxygen atoms in total. The van der Waals surface area contributed by atoms with Gasteiger partial charge >= 0.3 is 6.03 Å². The van der Waals surface area contributed by atoms with Crippen LogP contribution >= 0.6 is 11.6 Å². The number of urea groups is 1. The molecule has 1 saturated heterocycles. The van der Waals surface area contributed by atoms with Gasteiger partial charge in [-0.25, -0.2) is 14.8 Å². The van der Waals surface area contributed by atoms with Crippen LogP contribution in [0.1, 0.15) is 5.69 Å². The minimum absolute atomic E-state index is 0.312. The number of rotatable bonds is 4. The molecule has 0 atom stereocenters. The van der Waals surface area contributed by atoms with Gasteiger partial charge in [0.05, 0.1) is 25.5 Å². The first-order valence-electron chi connectivity index (χ1n) is 7.66. The molecule has 2 heterocycles. The first-order valence-corrected chi connectivity index (χ1v) is 8.03. The quantitative estimate of drug-likeness (QED) is 0.887. The van der Waals surface area contributed by atoms with Crippen molar-refractivity contribution in [3.05, 3.63) is 47.2 Å². The average molecular weight is 348 g/mol. The fourth-order valence-electron chi connectivity index (χ4n) is 2.31. The van der Waals surface area contributed by atoms with E-state index in [1.807, 2.05) is 0 Å². The van der Waals surface area contributed by atoms with E-state index < -0.39 is 0 Å². The van der Waals surface area contributed by atoms with E-state index in [9.17, 15) is 4.79 Å². The van der Waals surface area contributed by atoms with Crippen LogP contribution in [0.3, 0.4) is 0 Å². The van der Waals surface area contributed by atoms with Crippen molar-refractivity contribution >= 4 is 29.3 Å². The highest BCUT2D eigenvalue weighted by Crippen LogP contribution is 2.14. The van der Waals surface area contributed by atoms with Crippen molar-refractivity contribution in [1.82, 2.24) is 15.3 Å². The Kier molecular flexibility index (Phi) is 5.45. The number of ether oxygens (including phenoxy) is 1. The van der Waals surface area contributed by atoms with Crippen LogP contribution < -0.4 is 15.5 Å². The van der Waals surface area contributed by atoms with E-state index >= 15 is 0 Å². The van der Waals surface area contributed by atoms with E-state index in [-0.39, 0.29) is 6.03 Å². The molecule has 0 radical (unpaired) electrons. The van der Waals surface area contributed by atoms with Gasteiger partial charge in [-0.05, 0) is 24.3 Å². The van der Waals surface area contributed by atoms with Gasteiger partial charge in [0.25, 0.3) is 0 Å². The summed E-state index contributed by atoms with van der Waals surface area (Å²) in [6.07, 6.45) is 1.70. The number of anilines is 2. The van der Waals surface area contributed by atoms with Crippen molar-refractivity contribution in [2.24, 2.45) is 0 Å². The van der Waals surface area contributed by atoms with Crippen molar-refractivity contribution in [1.29, 1.82) is 0 Å². The van der Waals surface area contributed by atoms with Gasteiger partial charge in [-0.1, -0.05) is 17.7 Å². The molecule has 126 valence electrons. The Hall–Kier alpha value is -2.38. The van der Waals surface area contributed by atoms with Gasteiger partial charge in [0, 0.05) is 30.0 Å². The van der Waals surface area contributed by atoms with Crippen LogP contribution in [0.5, 0.6) is 0 Å². The van der Waals surface area contributed by atoms with Crippen LogP contribution in [0.4, 0.5) is 16.4 Å². The number of nitrogens with zero attached hydrogens (tertiary/aromatic N) is 3. The molecule has 1 aromatic carbocycles. The van der Waals surface area contributed by atoms with Crippen molar-refractivity contribution in [2.75, 3.05) is 36.5 Å². The Bertz CT molecular complexity index is 706. The molecule has 0 bridgehead atoms. The van der Waals surface area contributed by atoms with Gasteiger partial charge in [-0.3, -0.25) is 0 Å². The number of halogens is 1. The number of hydrogen-bond donors (Lipinski definition) is 2. The monoisotopic (exact) mass is 347 g/mol. The van der Waals surface area contributed by atoms with Gasteiger partial charge in [0.1, 0.15) is 0 Å². The van der Waals surface area contributed by atoms with Gasteiger partial charge in [0.2, 0.25) is 5.95 Å². The van der Waals surface area contributed by atoms with Crippen molar-refractivity contribution in [3.63, 3.8) is 0 Å². The van der Waals surface area contributed by atoms with E-state index in [1.54, 1.807) is 36.5 Å². The number of benzene rings is 1. The number of carbonyl (C=O) groups is 1. The number of morpholine rings is 1. The molecule has 2 amide bonds. The van der Waals surface area contributed by atoms with E-state index in [0.717, 1.165) is 18.8 Å². The minimum atomic E-state index is -0.316. The highest BCUT2D eigenvalue weighted by molar-refractivity contribution is 6.30. The van der Waals surface area contributed by atoms with E-state index in [1.165, 1.54) is 0 Å². The first-order chi connectivity index (χ1) is 11.7. The van der Waals surface area contributed by atoms with Gasteiger partial charge < -0.3 is 20.3 Å². The highest BCUT2D eigenvalue weighted by atomic mass is 35.5. The number of carbonyl (C=O) groups excluding carboxylic acids is 1. The predicted molar refractivity (Wildman–Crippen MR) is 92.4 cm³/mol. The van der Waals surface area contributed by atoms with Crippen LogP contribution in [0.25, 0.3) is 0 Å². The van der Waals surface area contributed by atoms with Crippen molar-refractivity contribution in [3.8, 4) is 0 Å². The third-order valence-corrected chi connectivity index (χ3v) is 3.74. The van der Waals surface area contributed by atoms with E-state index in [0.29, 0.717) is 36.4 Å². The third-order valence-electron chi connectivity index (χ3n) is 3.51. The molecule has 1 fully saturated rings. The number of hydrogen-bond acceptors (Lipinski definition) is 5. The molecule has 1 aromatic heterocycles. The predicted octanol–water partition coefficient (Wildman–Crippen LogP) is 2.29. The van der Waals surface area contributed by atoms with Crippen LogP contribution in [0.2, 0.25) is 5.02 Å². The lowest BCUT2D eigenvalue weighted by atomic mass is 10.3. The second kappa shape index (κ2) is 7.94. The second-order valence-corrected chi connectivity index (χ2v) is 5.70. The standard InChI is InChI=1S/C16H18ClN5O2/c17-12-2-1-3-13(10-12)21-16(23)19-11-14-4-5-18-15(20-14)22-6-8-24-9-7-22/h1-5,10H,6-9,11H2,(H2,19,21,23). The maximum atomic E-state index is 11.9. The zero-order valence-corrected chi connectivity index (χ0v) is 13.8.